The molecule has 2 heterocycles. The summed E-state index contributed by atoms with van der Waals surface area (Å²) < 4.78 is 3.94. The highest BCUT2D eigenvalue weighted by atomic mass is 32.1. The highest BCUT2D eigenvalue weighted by molar-refractivity contribution is 7.08. The first-order valence-electron chi connectivity index (χ1n) is 6.80. The molecule has 1 aromatic heterocycles. The summed E-state index contributed by atoms with van der Waals surface area (Å²) in [6.45, 7) is 9.31. The molecular formula is C14H20N4OS. The van der Waals surface area contributed by atoms with E-state index >= 15 is 0 Å². The van der Waals surface area contributed by atoms with Gasteiger partial charge in [0.2, 0.25) is 0 Å². The van der Waals surface area contributed by atoms with E-state index in [0.29, 0.717) is 18.0 Å². The zero-order chi connectivity index (χ0) is 15.0. The van der Waals surface area contributed by atoms with Crippen LogP contribution in [0, 0.1) is 16.7 Å². The normalized spacial score (nSPS) is 18.6. The topological polar surface area (TPSA) is 69.9 Å². The van der Waals surface area contributed by atoms with Gasteiger partial charge in [-0.1, -0.05) is 25.3 Å². The van der Waals surface area contributed by atoms with Crippen LogP contribution in [0.2, 0.25) is 0 Å². The number of piperidine rings is 1. The molecule has 1 aromatic rings. The van der Waals surface area contributed by atoms with Gasteiger partial charge in [0, 0.05) is 18.5 Å². The smallest absolute Gasteiger partial charge is 0.267 e. The molecule has 20 heavy (non-hydrogen) atoms. The molecule has 0 bridgehead atoms. The summed E-state index contributed by atoms with van der Waals surface area (Å²) in [5, 5.41) is 13.3. The van der Waals surface area contributed by atoms with E-state index in [1.54, 1.807) is 0 Å². The minimum atomic E-state index is -0.296. The van der Waals surface area contributed by atoms with Gasteiger partial charge in [0.1, 0.15) is 4.88 Å². The molecule has 1 amide bonds. The zero-order valence-corrected chi connectivity index (χ0v) is 13.3. The van der Waals surface area contributed by atoms with Crippen LogP contribution in [0.5, 0.6) is 0 Å². The van der Waals surface area contributed by atoms with Crippen LogP contribution in [0.25, 0.3) is 0 Å². The Morgan fingerprint density at radius 2 is 2.00 bits per heavy atom. The number of likely N-dealkylation sites (tertiary alicyclic amines) is 1. The molecule has 0 aliphatic carbocycles. The standard InChI is InChI=1S/C14H20N4OS/c1-13(2,3)11-10(20-17-16-11)12(19)18-7-5-14(4,9-15)6-8-18/h5-8H2,1-4H3. The number of aromatic nitrogens is 2. The van der Waals surface area contributed by atoms with Gasteiger partial charge in [-0.15, -0.1) is 5.10 Å². The Morgan fingerprint density at radius 1 is 1.40 bits per heavy atom. The largest absolute Gasteiger partial charge is 0.338 e. The number of hydrogen-bond donors (Lipinski definition) is 0. The van der Waals surface area contributed by atoms with Crippen molar-refractivity contribution in [2.45, 2.75) is 46.0 Å². The minimum Gasteiger partial charge on any atom is -0.338 e. The first kappa shape index (κ1) is 14.9. The average molecular weight is 292 g/mol. The molecule has 0 spiro atoms. The fraction of sp³-hybridized carbons (Fsp3) is 0.714. The second-order valence-corrected chi connectivity index (χ2v) is 7.42. The van der Waals surface area contributed by atoms with E-state index in [1.165, 1.54) is 11.5 Å². The number of hydrogen-bond acceptors (Lipinski definition) is 5. The van der Waals surface area contributed by atoms with Crippen LogP contribution < -0.4 is 0 Å². The molecule has 1 aliphatic heterocycles. The zero-order valence-electron chi connectivity index (χ0n) is 12.4. The van der Waals surface area contributed by atoms with Crippen molar-refractivity contribution < 1.29 is 4.79 Å². The van der Waals surface area contributed by atoms with Crippen LogP contribution in [-0.2, 0) is 5.41 Å². The molecule has 2 rings (SSSR count). The lowest BCUT2D eigenvalue weighted by Gasteiger charge is -2.35. The maximum absolute atomic E-state index is 12.6. The Kier molecular flexibility index (Phi) is 3.83. The van der Waals surface area contributed by atoms with Crippen molar-refractivity contribution in [2.24, 2.45) is 5.41 Å². The van der Waals surface area contributed by atoms with Gasteiger partial charge in [-0.25, -0.2) is 0 Å². The summed E-state index contributed by atoms with van der Waals surface area (Å²) in [6.07, 6.45) is 1.46. The van der Waals surface area contributed by atoms with E-state index in [4.69, 9.17) is 5.26 Å². The second kappa shape index (κ2) is 5.13. The van der Waals surface area contributed by atoms with E-state index in [9.17, 15) is 4.79 Å². The molecule has 5 nitrogen and oxygen atoms in total. The number of nitriles is 1. The first-order valence-corrected chi connectivity index (χ1v) is 7.57. The highest BCUT2D eigenvalue weighted by Crippen LogP contribution is 2.32. The van der Waals surface area contributed by atoms with Gasteiger partial charge in [0.15, 0.2) is 0 Å². The molecule has 6 heteroatoms. The van der Waals surface area contributed by atoms with Crippen molar-refractivity contribution >= 4 is 17.4 Å². The van der Waals surface area contributed by atoms with Crippen molar-refractivity contribution in [3.63, 3.8) is 0 Å². The predicted molar refractivity (Wildman–Crippen MR) is 77.5 cm³/mol. The first-order chi connectivity index (χ1) is 9.27. The molecule has 0 unspecified atom stereocenters. The minimum absolute atomic E-state index is 0.00455. The van der Waals surface area contributed by atoms with Crippen LogP contribution in [-0.4, -0.2) is 33.5 Å². The SMILES string of the molecule is CC1(C#N)CCN(C(=O)c2snnc2C(C)(C)C)CC1. The molecule has 0 saturated carbocycles. The summed E-state index contributed by atoms with van der Waals surface area (Å²) >= 11 is 1.17. The number of carbonyl (C=O) groups excluding carboxylic acids is 1. The Bertz CT molecular complexity index is 544. The summed E-state index contributed by atoms with van der Waals surface area (Å²) in [6, 6.07) is 2.35. The van der Waals surface area contributed by atoms with E-state index in [1.807, 2.05) is 32.6 Å². The van der Waals surface area contributed by atoms with Gasteiger partial charge in [0.25, 0.3) is 5.91 Å². The maximum Gasteiger partial charge on any atom is 0.267 e. The van der Waals surface area contributed by atoms with Crippen LogP contribution in [0.15, 0.2) is 0 Å². The molecule has 1 aliphatic rings. The molecule has 0 aromatic carbocycles. The van der Waals surface area contributed by atoms with Gasteiger partial charge < -0.3 is 4.90 Å². The van der Waals surface area contributed by atoms with Crippen LogP contribution in [0.4, 0.5) is 0 Å². The van der Waals surface area contributed by atoms with Crippen LogP contribution in [0.1, 0.15) is 55.9 Å². The van der Waals surface area contributed by atoms with Crippen molar-refractivity contribution in [3.05, 3.63) is 10.6 Å². The van der Waals surface area contributed by atoms with E-state index in [-0.39, 0.29) is 16.7 Å². The molecular weight excluding hydrogens is 272 g/mol. The van der Waals surface area contributed by atoms with Crippen LogP contribution >= 0.6 is 11.5 Å². The highest BCUT2D eigenvalue weighted by Gasteiger charge is 2.35. The third-order valence-electron chi connectivity index (χ3n) is 3.82. The number of carbonyl (C=O) groups is 1. The van der Waals surface area contributed by atoms with Gasteiger partial charge in [0.05, 0.1) is 17.2 Å². The number of amides is 1. The summed E-state index contributed by atoms with van der Waals surface area (Å²) in [4.78, 5) is 15.1. The average Bonchev–Trinajstić information content (AvgIpc) is 2.88. The van der Waals surface area contributed by atoms with Crippen LogP contribution in [0.3, 0.4) is 0 Å². The van der Waals surface area contributed by atoms with Gasteiger partial charge >= 0.3 is 0 Å². The van der Waals surface area contributed by atoms with E-state index in [0.717, 1.165) is 18.5 Å². The third kappa shape index (κ3) is 2.83. The Hall–Kier alpha value is -1.48. The number of nitrogens with zero attached hydrogens (tertiary/aromatic N) is 4. The van der Waals surface area contributed by atoms with E-state index < -0.39 is 0 Å². The Balaban J connectivity index is 2.15. The van der Waals surface area contributed by atoms with Crippen molar-refractivity contribution in [2.75, 3.05) is 13.1 Å². The van der Waals surface area contributed by atoms with Gasteiger partial charge in [-0.3, -0.25) is 4.79 Å². The maximum atomic E-state index is 12.6. The lowest BCUT2D eigenvalue weighted by Crippen LogP contribution is -2.42. The summed E-state index contributed by atoms with van der Waals surface area (Å²) in [5.74, 6) is 0.00455. The fourth-order valence-electron chi connectivity index (χ4n) is 2.28. The number of rotatable bonds is 1. The molecule has 0 radical (unpaired) electrons. The van der Waals surface area contributed by atoms with Crippen molar-refractivity contribution in [1.29, 1.82) is 5.26 Å². The van der Waals surface area contributed by atoms with Gasteiger partial charge in [-0.05, 0) is 31.3 Å². The Morgan fingerprint density at radius 3 is 2.50 bits per heavy atom. The van der Waals surface area contributed by atoms with E-state index in [2.05, 4.69) is 15.7 Å². The Labute approximate surface area is 123 Å². The van der Waals surface area contributed by atoms with Crippen molar-refractivity contribution in [1.82, 2.24) is 14.5 Å². The predicted octanol–water partition coefficient (Wildman–Crippen LogP) is 2.60. The molecule has 1 saturated heterocycles. The van der Waals surface area contributed by atoms with Crippen molar-refractivity contribution in [3.8, 4) is 6.07 Å². The fourth-order valence-corrected chi connectivity index (χ4v) is 3.13. The lowest BCUT2D eigenvalue weighted by atomic mass is 9.82. The summed E-state index contributed by atoms with van der Waals surface area (Å²) in [7, 11) is 0. The molecule has 0 atom stereocenters. The summed E-state index contributed by atoms with van der Waals surface area (Å²) in [5.41, 5.74) is 0.283. The lowest BCUT2D eigenvalue weighted by molar-refractivity contribution is 0.0664. The quantitative estimate of drug-likeness (QED) is 0.797. The third-order valence-corrected chi connectivity index (χ3v) is 4.53. The molecule has 1 fully saturated rings. The molecule has 0 N–H and O–H groups in total. The second-order valence-electron chi connectivity index (χ2n) is 6.67. The van der Waals surface area contributed by atoms with Gasteiger partial charge in [-0.2, -0.15) is 5.26 Å². The molecule has 108 valence electrons. The monoisotopic (exact) mass is 292 g/mol.